The first-order valence-corrected chi connectivity index (χ1v) is 11.3. The first-order chi connectivity index (χ1) is 15.5. The maximum absolute atomic E-state index is 12.9. The first-order valence-electron chi connectivity index (χ1n) is 10.1. The molecule has 1 amide bonds. The zero-order valence-electron chi connectivity index (χ0n) is 16.8. The summed E-state index contributed by atoms with van der Waals surface area (Å²) in [7, 11) is 0. The molecule has 0 unspecified atom stereocenters. The Hall–Kier alpha value is -3.30. The Morgan fingerprint density at radius 3 is 2.59 bits per heavy atom. The van der Waals surface area contributed by atoms with Crippen LogP contribution >= 0.6 is 22.9 Å². The Bertz CT molecular complexity index is 1310. The molecule has 0 atom stereocenters. The number of non-ortho nitro benzene ring substituents is 1. The van der Waals surface area contributed by atoms with Crippen molar-refractivity contribution in [3.05, 3.63) is 80.6 Å². The van der Waals surface area contributed by atoms with Crippen LogP contribution in [0.5, 0.6) is 0 Å². The van der Waals surface area contributed by atoms with Crippen LogP contribution in [0.2, 0.25) is 5.02 Å². The molecule has 2 aromatic carbocycles. The fourth-order valence-corrected chi connectivity index (χ4v) is 5.18. The van der Waals surface area contributed by atoms with Crippen molar-refractivity contribution in [3.63, 3.8) is 0 Å². The van der Waals surface area contributed by atoms with E-state index in [0.717, 1.165) is 28.1 Å². The fourth-order valence-electron chi connectivity index (χ4n) is 3.89. The van der Waals surface area contributed by atoms with Gasteiger partial charge in [-0.05, 0) is 49.2 Å². The van der Waals surface area contributed by atoms with Crippen LogP contribution in [-0.2, 0) is 0 Å². The second kappa shape index (κ2) is 8.33. The summed E-state index contributed by atoms with van der Waals surface area (Å²) in [5, 5.41) is 17.0. The van der Waals surface area contributed by atoms with Gasteiger partial charge in [-0.3, -0.25) is 14.9 Å². The number of aromatic nitrogens is 3. The Balaban J connectivity index is 1.25. The highest BCUT2D eigenvalue weighted by atomic mass is 35.5. The number of benzene rings is 2. The summed E-state index contributed by atoms with van der Waals surface area (Å²) in [6.45, 7) is 1.29. The molecule has 0 bridgehead atoms. The summed E-state index contributed by atoms with van der Waals surface area (Å²) in [4.78, 5) is 29.9. The number of hydrogen-bond donors (Lipinski definition) is 0. The van der Waals surface area contributed by atoms with E-state index in [4.69, 9.17) is 16.6 Å². The topological polar surface area (TPSA) is 94.2 Å². The maximum Gasteiger partial charge on any atom is 0.274 e. The van der Waals surface area contributed by atoms with Crippen molar-refractivity contribution >= 4 is 44.7 Å². The van der Waals surface area contributed by atoms with Crippen LogP contribution in [0.15, 0.2) is 54.7 Å². The predicted octanol–water partition coefficient (Wildman–Crippen LogP) is 5.06. The Kier molecular flexibility index (Phi) is 5.36. The third-order valence-electron chi connectivity index (χ3n) is 5.63. The van der Waals surface area contributed by atoms with E-state index in [9.17, 15) is 14.9 Å². The molecule has 5 rings (SSSR count). The highest BCUT2D eigenvalue weighted by Gasteiger charge is 2.27. The molecule has 1 aliphatic rings. The molecule has 0 radical (unpaired) electrons. The van der Waals surface area contributed by atoms with Crippen LogP contribution in [0.4, 0.5) is 5.69 Å². The van der Waals surface area contributed by atoms with E-state index in [0.29, 0.717) is 35.4 Å². The minimum Gasteiger partial charge on any atom is -0.337 e. The number of piperidine rings is 1. The van der Waals surface area contributed by atoms with Gasteiger partial charge in [0, 0.05) is 42.4 Å². The van der Waals surface area contributed by atoms with Gasteiger partial charge in [0.15, 0.2) is 5.69 Å². The van der Waals surface area contributed by atoms with E-state index >= 15 is 0 Å². The number of nitro benzene ring substituents is 1. The molecule has 0 N–H and O–H groups in total. The molecule has 8 nitrogen and oxygen atoms in total. The molecule has 0 spiro atoms. The van der Waals surface area contributed by atoms with Crippen LogP contribution in [0.1, 0.15) is 34.3 Å². The summed E-state index contributed by atoms with van der Waals surface area (Å²) >= 11 is 7.76. The van der Waals surface area contributed by atoms with E-state index in [1.165, 1.54) is 12.1 Å². The van der Waals surface area contributed by atoms with Crippen molar-refractivity contribution in [2.24, 2.45) is 0 Å². The molecule has 162 valence electrons. The van der Waals surface area contributed by atoms with E-state index in [-0.39, 0.29) is 11.6 Å². The average molecular weight is 468 g/mol. The number of likely N-dealkylation sites (tertiary alicyclic amines) is 1. The third-order valence-corrected chi connectivity index (χ3v) is 7.06. The molecule has 4 aromatic rings. The molecule has 1 aliphatic heterocycles. The zero-order valence-corrected chi connectivity index (χ0v) is 18.4. The van der Waals surface area contributed by atoms with Gasteiger partial charge in [0.1, 0.15) is 0 Å². The lowest BCUT2D eigenvalue weighted by Gasteiger charge is -2.30. The second-order valence-corrected chi connectivity index (χ2v) is 9.15. The third kappa shape index (κ3) is 3.96. The number of thiazole rings is 1. The van der Waals surface area contributed by atoms with Crippen molar-refractivity contribution in [2.45, 2.75) is 18.8 Å². The number of halogens is 1. The van der Waals surface area contributed by atoms with Gasteiger partial charge in [-0.15, -0.1) is 11.3 Å². The van der Waals surface area contributed by atoms with Gasteiger partial charge in [-0.2, -0.15) is 5.10 Å². The monoisotopic (exact) mass is 467 g/mol. The molecule has 0 aliphatic carbocycles. The van der Waals surface area contributed by atoms with Gasteiger partial charge in [0.05, 0.1) is 25.8 Å². The summed E-state index contributed by atoms with van der Waals surface area (Å²) < 4.78 is 2.68. The SMILES string of the molecule is O=C(c1ccn(-c2ccc([N+](=O)[O-])cc2)n1)N1CCC(c2nc3cc(Cl)ccc3s2)CC1. The van der Waals surface area contributed by atoms with Crippen LogP contribution in [-0.4, -0.2) is 43.6 Å². The molecule has 0 saturated carbocycles. The van der Waals surface area contributed by atoms with Crippen molar-refractivity contribution in [3.8, 4) is 5.69 Å². The number of hydrogen-bond acceptors (Lipinski definition) is 6. The van der Waals surface area contributed by atoms with Gasteiger partial charge >= 0.3 is 0 Å². The van der Waals surface area contributed by atoms with E-state index in [1.807, 2.05) is 23.1 Å². The molecular formula is C22H18ClN5O3S. The lowest BCUT2D eigenvalue weighted by Crippen LogP contribution is -2.38. The van der Waals surface area contributed by atoms with Gasteiger partial charge in [-0.1, -0.05) is 11.6 Å². The minimum absolute atomic E-state index is 0.0105. The first kappa shape index (κ1) is 20.6. The van der Waals surface area contributed by atoms with Crippen molar-refractivity contribution in [1.29, 1.82) is 0 Å². The normalized spacial score (nSPS) is 14.7. The fraction of sp³-hybridized carbons (Fsp3) is 0.227. The van der Waals surface area contributed by atoms with E-state index in [2.05, 4.69) is 5.10 Å². The lowest BCUT2D eigenvalue weighted by molar-refractivity contribution is -0.384. The number of nitrogens with zero attached hydrogens (tertiary/aromatic N) is 5. The average Bonchev–Trinajstić information content (AvgIpc) is 3.46. The number of nitro groups is 1. The molecule has 2 aromatic heterocycles. The van der Waals surface area contributed by atoms with Crippen molar-refractivity contribution in [2.75, 3.05) is 13.1 Å². The zero-order chi connectivity index (χ0) is 22.2. The lowest BCUT2D eigenvalue weighted by atomic mass is 9.97. The number of amides is 1. The Labute approximate surface area is 192 Å². The van der Waals surface area contributed by atoms with Crippen molar-refractivity contribution in [1.82, 2.24) is 19.7 Å². The number of fused-ring (bicyclic) bond motifs is 1. The number of rotatable bonds is 4. The van der Waals surface area contributed by atoms with Gasteiger partial charge in [0.25, 0.3) is 11.6 Å². The van der Waals surface area contributed by atoms with Crippen molar-refractivity contribution < 1.29 is 9.72 Å². The number of carbonyl (C=O) groups is 1. The summed E-state index contributed by atoms with van der Waals surface area (Å²) in [6.07, 6.45) is 3.39. The second-order valence-electron chi connectivity index (χ2n) is 7.65. The molecular weight excluding hydrogens is 450 g/mol. The van der Waals surface area contributed by atoms with Gasteiger partial charge in [-0.25, -0.2) is 9.67 Å². The van der Waals surface area contributed by atoms with Crippen LogP contribution in [0.25, 0.3) is 15.9 Å². The van der Waals surface area contributed by atoms with Gasteiger partial charge in [0.2, 0.25) is 0 Å². The largest absolute Gasteiger partial charge is 0.337 e. The van der Waals surface area contributed by atoms with E-state index in [1.54, 1.807) is 40.4 Å². The van der Waals surface area contributed by atoms with Crippen LogP contribution < -0.4 is 0 Å². The highest BCUT2D eigenvalue weighted by Crippen LogP contribution is 2.35. The van der Waals surface area contributed by atoms with Crippen LogP contribution in [0, 0.1) is 10.1 Å². The highest BCUT2D eigenvalue weighted by molar-refractivity contribution is 7.18. The molecule has 10 heteroatoms. The summed E-state index contributed by atoms with van der Waals surface area (Å²) in [5.74, 6) is 0.216. The Morgan fingerprint density at radius 1 is 1.12 bits per heavy atom. The quantitative estimate of drug-likeness (QED) is 0.308. The van der Waals surface area contributed by atoms with Gasteiger partial charge < -0.3 is 4.90 Å². The smallest absolute Gasteiger partial charge is 0.274 e. The molecule has 32 heavy (non-hydrogen) atoms. The standard InChI is InChI=1S/C22H18ClN5O3S/c23-15-1-6-20-19(13-15)24-21(32-20)14-7-10-26(11-8-14)22(29)18-9-12-27(25-18)16-2-4-17(5-3-16)28(30)31/h1-6,9,12-14H,7-8,10-11H2. The summed E-state index contributed by atoms with van der Waals surface area (Å²) in [5.41, 5.74) is 1.95. The maximum atomic E-state index is 12.9. The number of carbonyl (C=O) groups excluding carboxylic acids is 1. The minimum atomic E-state index is -0.449. The predicted molar refractivity (Wildman–Crippen MR) is 123 cm³/mol. The molecule has 3 heterocycles. The summed E-state index contributed by atoms with van der Waals surface area (Å²) in [6, 6.07) is 13.5. The van der Waals surface area contributed by atoms with E-state index < -0.39 is 4.92 Å². The molecule has 1 fully saturated rings. The van der Waals surface area contributed by atoms with Crippen LogP contribution in [0.3, 0.4) is 0 Å². The molecule has 1 saturated heterocycles. The Morgan fingerprint density at radius 2 is 1.88 bits per heavy atom.